The molecule has 0 aliphatic heterocycles. The third-order valence-corrected chi connectivity index (χ3v) is 2.94. The van der Waals surface area contributed by atoms with Gasteiger partial charge in [-0.3, -0.25) is 4.79 Å². The maximum absolute atomic E-state index is 11.8. The molecule has 84 valence electrons. The number of amides is 1. The molecule has 15 heavy (non-hydrogen) atoms. The lowest BCUT2D eigenvalue weighted by Crippen LogP contribution is -2.53. The molecule has 1 aliphatic rings. The van der Waals surface area contributed by atoms with Crippen molar-refractivity contribution < 1.29 is 4.79 Å². The Bertz CT molecular complexity index is 285. The lowest BCUT2D eigenvalue weighted by atomic mass is 9.94. The lowest BCUT2D eigenvalue weighted by Gasteiger charge is -2.24. The fourth-order valence-corrected chi connectivity index (χ4v) is 1.75. The molecule has 0 atom stereocenters. The van der Waals surface area contributed by atoms with E-state index in [-0.39, 0.29) is 5.91 Å². The molecule has 1 saturated carbocycles. The quantitative estimate of drug-likeness (QED) is 0.725. The standard InChI is InChI=1S/C11H19N3O/c1-10(2,7-12)8-14-9(15)11(13)5-3-4-6-11/h3-6,8,13H2,1-2H3,(H,14,15). The van der Waals surface area contributed by atoms with Crippen LogP contribution in [0.1, 0.15) is 39.5 Å². The van der Waals surface area contributed by atoms with E-state index in [2.05, 4.69) is 11.4 Å². The number of carbonyl (C=O) groups is 1. The van der Waals surface area contributed by atoms with Crippen molar-refractivity contribution in [2.24, 2.45) is 11.1 Å². The molecule has 4 nitrogen and oxygen atoms in total. The van der Waals surface area contributed by atoms with E-state index in [1.165, 1.54) is 0 Å². The second-order valence-corrected chi connectivity index (χ2v) is 5.04. The van der Waals surface area contributed by atoms with Gasteiger partial charge in [0.15, 0.2) is 0 Å². The highest BCUT2D eigenvalue weighted by Gasteiger charge is 2.37. The molecule has 0 aromatic carbocycles. The van der Waals surface area contributed by atoms with E-state index in [9.17, 15) is 4.79 Å². The van der Waals surface area contributed by atoms with Crippen LogP contribution in [0, 0.1) is 16.7 Å². The van der Waals surface area contributed by atoms with Gasteiger partial charge in [0.05, 0.1) is 17.0 Å². The van der Waals surface area contributed by atoms with Gasteiger partial charge in [-0.2, -0.15) is 5.26 Å². The zero-order valence-electron chi connectivity index (χ0n) is 9.47. The van der Waals surface area contributed by atoms with Gasteiger partial charge >= 0.3 is 0 Å². The van der Waals surface area contributed by atoms with Crippen molar-refractivity contribution >= 4 is 5.91 Å². The van der Waals surface area contributed by atoms with Crippen LogP contribution < -0.4 is 11.1 Å². The first-order valence-electron chi connectivity index (χ1n) is 5.38. The number of nitrogens with zero attached hydrogens (tertiary/aromatic N) is 1. The molecule has 0 aromatic heterocycles. The minimum atomic E-state index is -0.689. The summed E-state index contributed by atoms with van der Waals surface area (Å²) in [5.74, 6) is -0.108. The van der Waals surface area contributed by atoms with Crippen LogP contribution in [0.2, 0.25) is 0 Å². The predicted molar refractivity (Wildman–Crippen MR) is 57.8 cm³/mol. The molecule has 0 spiro atoms. The first-order chi connectivity index (χ1) is 6.90. The molecule has 1 rings (SSSR count). The Balaban J connectivity index is 2.47. The summed E-state index contributed by atoms with van der Waals surface area (Å²) in [5.41, 5.74) is 4.77. The van der Waals surface area contributed by atoms with Gasteiger partial charge in [0.2, 0.25) is 5.91 Å². The third kappa shape index (κ3) is 2.93. The van der Waals surface area contributed by atoms with E-state index in [1.54, 1.807) is 13.8 Å². The average Bonchev–Trinajstić information content (AvgIpc) is 2.63. The van der Waals surface area contributed by atoms with Gasteiger partial charge in [-0.1, -0.05) is 12.8 Å². The highest BCUT2D eigenvalue weighted by molar-refractivity contribution is 5.86. The van der Waals surface area contributed by atoms with Crippen molar-refractivity contribution in [1.29, 1.82) is 5.26 Å². The molecular weight excluding hydrogens is 190 g/mol. The van der Waals surface area contributed by atoms with E-state index in [1.807, 2.05) is 0 Å². The van der Waals surface area contributed by atoms with E-state index in [0.29, 0.717) is 6.54 Å². The molecule has 1 amide bonds. The number of carbonyl (C=O) groups excluding carboxylic acids is 1. The zero-order valence-corrected chi connectivity index (χ0v) is 9.47. The number of hydrogen-bond donors (Lipinski definition) is 2. The molecule has 0 radical (unpaired) electrons. The summed E-state index contributed by atoms with van der Waals surface area (Å²) in [6.45, 7) is 3.96. The maximum Gasteiger partial charge on any atom is 0.240 e. The Morgan fingerprint density at radius 3 is 2.53 bits per heavy atom. The van der Waals surface area contributed by atoms with Crippen LogP contribution in [0.4, 0.5) is 0 Å². The largest absolute Gasteiger partial charge is 0.353 e. The van der Waals surface area contributed by atoms with Gasteiger partial charge in [-0.15, -0.1) is 0 Å². The smallest absolute Gasteiger partial charge is 0.240 e. The van der Waals surface area contributed by atoms with Crippen molar-refractivity contribution in [2.45, 2.75) is 45.1 Å². The molecule has 3 N–H and O–H groups in total. The Labute approximate surface area is 90.8 Å². The monoisotopic (exact) mass is 209 g/mol. The van der Waals surface area contributed by atoms with Gasteiger partial charge in [0, 0.05) is 6.54 Å². The Hall–Kier alpha value is -1.08. The molecule has 0 unspecified atom stereocenters. The minimum absolute atomic E-state index is 0.108. The Morgan fingerprint density at radius 2 is 2.07 bits per heavy atom. The summed E-state index contributed by atoms with van der Waals surface area (Å²) in [6.07, 6.45) is 3.55. The summed E-state index contributed by atoms with van der Waals surface area (Å²) >= 11 is 0. The van der Waals surface area contributed by atoms with Crippen molar-refractivity contribution in [2.75, 3.05) is 6.54 Å². The number of nitriles is 1. The SMILES string of the molecule is CC(C)(C#N)CNC(=O)C1(N)CCCC1. The third-order valence-electron chi connectivity index (χ3n) is 2.94. The van der Waals surface area contributed by atoms with E-state index < -0.39 is 11.0 Å². The number of rotatable bonds is 3. The van der Waals surface area contributed by atoms with Crippen molar-refractivity contribution in [1.82, 2.24) is 5.32 Å². The van der Waals surface area contributed by atoms with Crippen LogP contribution in [-0.4, -0.2) is 18.0 Å². The van der Waals surface area contributed by atoms with Gasteiger partial charge in [0.1, 0.15) is 0 Å². The summed E-state index contributed by atoms with van der Waals surface area (Å²) < 4.78 is 0. The summed E-state index contributed by atoms with van der Waals surface area (Å²) in [7, 11) is 0. The van der Waals surface area contributed by atoms with Gasteiger partial charge in [-0.25, -0.2) is 0 Å². The Morgan fingerprint density at radius 1 is 1.53 bits per heavy atom. The number of hydrogen-bond acceptors (Lipinski definition) is 3. The molecule has 0 aromatic rings. The average molecular weight is 209 g/mol. The second kappa shape index (κ2) is 4.19. The number of nitrogens with two attached hydrogens (primary N) is 1. The maximum atomic E-state index is 11.8. The van der Waals surface area contributed by atoms with E-state index in [0.717, 1.165) is 25.7 Å². The van der Waals surface area contributed by atoms with E-state index >= 15 is 0 Å². The first-order valence-corrected chi connectivity index (χ1v) is 5.38. The highest BCUT2D eigenvalue weighted by atomic mass is 16.2. The van der Waals surface area contributed by atoms with Gasteiger partial charge in [-0.05, 0) is 26.7 Å². The van der Waals surface area contributed by atoms with Crippen LogP contribution in [0.25, 0.3) is 0 Å². The van der Waals surface area contributed by atoms with Crippen molar-refractivity contribution in [3.63, 3.8) is 0 Å². The van der Waals surface area contributed by atoms with E-state index in [4.69, 9.17) is 11.0 Å². The van der Waals surface area contributed by atoms with Crippen molar-refractivity contribution in [3.8, 4) is 6.07 Å². The highest BCUT2D eigenvalue weighted by Crippen LogP contribution is 2.27. The summed E-state index contributed by atoms with van der Waals surface area (Å²) in [6, 6.07) is 2.14. The topological polar surface area (TPSA) is 78.9 Å². The molecule has 1 fully saturated rings. The fraction of sp³-hybridized carbons (Fsp3) is 0.818. The molecule has 0 heterocycles. The Kier molecular flexibility index (Phi) is 3.35. The zero-order chi connectivity index (χ0) is 11.5. The molecule has 0 bridgehead atoms. The molecule has 0 saturated heterocycles. The lowest BCUT2D eigenvalue weighted by molar-refractivity contribution is -0.126. The van der Waals surface area contributed by atoms with Gasteiger partial charge < -0.3 is 11.1 Å². The second-order valence-electron chi connectivity index (χ2n) is 5.04. The van der Waals surface area contributed by atoms with Crippen LogP contribution in [0.5, 0.6) is 0 Å². The minimum Gasteiger partial charge on any atom is -0.353 e. The van der Waals surface area contributed by atoms with Crippen LogP contribution in [0.3, 0.4) is 0 Å². The normalized spacial score (nSPS) is 19.6. The van der Waals surface area contributed by atoms with Crippen molar-refractivity contribution in [3.05, 3.63) is 0 Å². The molecule has 4 heteroatoms. The summed E-state index contributed by atoms with van der Waals surface area (Å²) in [4.78, 5) is 11.8. The first kappa shape index (κ1) is 12.0. The fourth-order valence-electron chi connectivity index (χ4n) is 1.75. The van der Waals surface area contributed by atoms with Crippen LogP contribution in [0.15, 0.2) is 0 Å². The predicted octanol–water partition coefficient (Wildman–Crippen LogP) is 0.924. The van der Waals surface area contributed by atoms with Crippen LogP contribution in [-0.2, 0) is 4.79 Å². The van der Waals surface area contributed by atoms with Crippen LogP contribution >= 0.6 is 0 Å². The molecular formula is C11H19N3O. The molecule has 1 aliphatic carbocycles. The summed E-state index contributed by atoms with van der Waals surface area (Å²) in [5, 5.41) is 11.6. The number of nitrogens with one attached hydrogen (secondary N) is 1. The van der Waals surface area contributed by atoms with Gasteiger partial charge in [0.25, 0.3) is 0 Å².